The Morgan fingerprint density at radius 3 is 2.21 bits per heavy atom. The van der Waals surface area contributed by atoms with Crippen molar-refractivity contribution in [3.8, 4) is 0 Å². The second-order valence-electron chi connectivity index (χ2n) is 6.92. The second kappa shape index (κ2) is 7.31. The molecule has 1 aliphatic rings. The minimum Gasteiger partial charge on any atom is -0.469 e. The van der Waals surface area contributed by atoms with Gasteiger partial charge in [0, 0.05) is 11.6 Å². The van der Waals surface area contributed by atoms with Gasteiger partial charge in [-0.25, -0.2) is 0 Å². The minimum absolute atomic E-state index is 0.0944. The highest BCUT2D eigenvalue weighted by Gasteiger charge is 2.54. The number of methoxy groups -OCH3 is 1. The van der Waals surface area contributed by atoms with Crippen LogP contribution in [0, 0.1) is 0 Å². The van der Waals surface area contributed by atoms with E-state index in [0.717, 1.165) is 22.4 Å². The van der Waals surface area contributed by atoms with Crippen LogP contribution < -0.4 is 5.32 Å². The lowest BCUT2D eigenvalue weighted by Crippen LogP contribution is -2.42. The van der Waals surface area contributed by atoms with E-state index in [1.807, 2.05) is 84.9 Å². The zero-order valence-corrected chi connectivity index (χ0v) is 15.6. The fraction of sp³-hybridized carbons (Fsp3) is 0.167. The van der Waals surface area contributed by atoms with Crippen molar-refractivity contribution < 1.29 is 14.3 Å². The van der Waals surface area contributed by atoms with Gasteiger partial charge in [0.15, 0.2) is 0 Å². The van der Waals surface area contributed by atoms with Crippen molar-refractivity contribution in [2.45, 2.75) is 17.8 Å². The lowest BCUT2D eigenvalue weighted by molar-refractivity contribution is -0.141. The highest BCUT2D eigenvalue weighted by Crippen LogP contribution is 2.52. The maximum absolute atomic E-state index is 13.6. The average Bonchev–Trinajstić information content (AvgIpc) is 3.05. The third-order valence-corrected chi connectivity index (χ3v) is 5.51. The maximum Gasteiger partial charge on any atom is 0.306 e. The van der Waals surface area contributed by atoms with Gasteiger partial charge < -0.3 is 10.1 Å². The van der Waals surface area contributed by atoms with Gasteiger partial charge in [-0.05, 0) is 22.8 Å². The number of para-hydroxylation sites is 1. The first-order chi connectivity index (χ1) is 13.7. The van der Waals surface area contributed by atoms with Crippen LogP contribution in [0.4, 0.5) is 5.69 Å². The lowest BCUT2D eigenvalue weighted by atomic mass is 9.63. The van der Waals surface area contributed by atoms with Crippen LogP contribution in [0.3, 0.4) is 0 Å². The summed E-state index contributed by atoms with van der Waals surface area (Å²) in [5, 5.41) is 3.04. The number of carbonyl (C=O) groups excluding carboxylic acids is 2. The molecule has 4 nitrogen and oxygen atoms in total. The predicted octanol–water partition coefficient (Wildman–Crippen LogP) is 4.27. The molecule has 0 spiro atoms. The number of nitrogens with one attached hydrogen (secondary N) is 1. The number of hydrogen-bond donors (Lipinski definition) is 1. The van der Waals surface area contributed by atoms with Gasteiger partial charge in [0.25, 0.3) is 0 Å². The SMILES string of the molecule is COC(=O)C[C@H](c1ccccc1)[C@@]1(c2ccccc2)C(=O)Nc2ccccc21. The first kappa shape index (κ1) is 18.0. The maximum atomic E-state index is 13.6. The Balaban J connectivity index is 2.02. The number of carbonyl (C=O) groups is 2. The molecule has 1 amide bonds. The van der Waals surface area contributed by atoms with Crippen molar-refractivity contribution in [2.75, 3.05) is 12.4 Å². The summed E-state index contributed by atoms with van der Waals surface area (Å²) in [5.41, 5.74) is 2.41. The van der Waals surface area contributed by atoms with Gasteiger partial charge in [-0.2, -0.15) is 0 Å². The van der Waals surface area contributed by atoms with Crippen molar-refractivity contribution in [1.29, 1.82) is 0 Å². The fourth-order valence-electron chi connectivity index (χ4n) is 4.27. The zero-order valence-electron chi connectivity index (χ0n) is 15.6. The largest absolute Gasteiger partial charge is 0.469 e. The summed E-state index contributed by atoms with van der Waals surface area (Å²) in [6.07, 6.45) is 0.0944. The number of hydrogen-bond acceptors (Lipinski definition) is 3. The van der Waals surface area contributed by atoms with E-state index in [0.29, 0.717) is 0 Å². The summed E-state index contributed by atoms with van der Waals surface area (Å²) in [6, 6.07) is 27.1. The van der Waals surface area contributed by atoms with Crippen molar-refractivity contribution in [3.05, 3.63) is 102 Å². The molecule has 0 bridgehead atoms. The van der Waals surface area contributed by atoms with E-state index in [4.69, 9.17) is 4.74 Å². The molecular weight excluding hydrogens is 350 g/mol. The van der Waals surface area contributed by atoms with Crippen LogP contribution in [-0.4, -0.2) is 19.0 Å². The van der Waals surface area contributed by atoms with Crippen molar-refractivity contribution in [3.63, 3.8) is 0 Å². The number of fused-ring (bicyclic) bond motifs is 1. The Kier molecular flexibility index (Phi) is 4.70. The standard InChI is InChI=1S/C24H21NO3/c1-28-22(26)16-20(17-10-4-2-5-11-17)24(18-12-6-3-7-13-18)19-14-8-9-15-21(19)25-23(24)27/h2-15,20H,16H2,1H3,(H,25,27)/t20-,24+/m1/s1. The first-order valence-electron chi connectivity index (χ1n) is 9.26. The number of rotatable bonds is 5. The lowest BCUT2D eigenvalue weighted by Gasteiger charge is -2.36. The normalized spacial score (nSPS) is 18.8. The van der Waals surface area contributed by atoms with E-state index in [1.54, 1.807) is 0 Å². The first-order valence-corrected chi connectivity index (χ1v) is 9.26. The third kappa shape index (κ3) is 2.78. The van der Waals surface area contributed by atoms with E-state index in [9.17, 15) is 9.59 Å². The molecule has 1 heterocycles. The molecule has 4 rings (SSSR count). The topological polar surface area (TPSA) is 55.4 Å². The summed E-state index contributed by atoms with van der Waals surface area (Å²) in [5.74, 6) is -0.883. The van der Waals surface area contributed by atoms with Gasteiger partial charge in [0.1, 0.15) is 5.41 Å². The quantitative estimate of drug-likeness (QED) is 0.682. The van der Waals surface area contributed by atoms with E-state index in [-0.39, 0.29) is 18.3 Å². The molecular formula is C24H21NO3. The Bertz CT molecular complexity index is 1000. The van der Waals surface area contributed by atoms with Gasteiger partial charge >= 0.3 is 5.97 Å². The summed E-state index contributed by atoms with van der Waals surface area (Å²) >= 11 is 0. The van der Waals surface area contributed by atoms with Crippen LogP contribution in [0.15, 0.2) is 84.9 Å². The van der Waals surface area contributed by atoms with E-state index >= 15 is 0 Å². The van der Waals surface area contributed by atoms with E-state index in [1.165, 1.54) is 7.11 Å². The Labute approximate surface area is 164 Å². The number of anilines is 1. The summed E-state index contributed by atoms with van der Waals surface area (Å²) in [4.78, 5) is 26.0. The molecule has 28 heavy (non-hydrogen) atoms. The van der Waals surface area contributed by atoms with Crippen LogP contribution in [0.25, 0.3) is 0 Å². The highest BCUT2D eigenvalue weighted by molar-refractivity contribution is 6.09. The van der Waals surface area contributed by atoms with Gasteiger partial charge in [-0.1, -0.05) is 78.9 Å². The summed E-state index contributed by atoms with van der Waals surface area (Å²) in [6.45, 7) is 0. The molecule has 4 heteroatoms. The average molecular weight is 371 g/mol. The van der Waals surface area contributed by atoms with Gasteiger partial charge in [0.05, 0.1) is 13.5 Å². The Morgan fingerprint density at radius 2 is 1.54 bits per heavy atom. The van der Waals surface area contributed by atoms with Crippen LogP contribution in [0.5, 0.6) is 0 Å². The molecule has 0 aliphatic carbocycles. The van der Waals surface area contributed by atoms with Crippen LogP contribution in [0.2, 0.25) is 0 Å². The zero-order chi connectivity index (χ0) is 19.6. The Morgan fingerprint density at radius 1 is 0.929 bits per heavy atom. The summed E-state index contributed by atoms with van der Waals surface area (Å²) < 4.78 is 5.00. The molecule has 0 aromatic heterocycles. The van der Waals surface area contributed by atoms with Crippen molar-refractivity contribution in [1.82, 2.24) is 0 Å². The number of benzene rings is 3. The molecule has 0 radical (unpaired) electrons. The van der Waals surface area contributed by atoms with Crippen LogP contribution in [0.1, 0.15) is 29.0 Å². The molecule has 1 N–H and O–H groups in total. The number of amides is 1. The Hall–Kier alpha value is -3.40. The molecule has 1 aliphatic heterocycles. The smallest absolute Gasteiger partial charge is 0.306 e. The monoisotopic (exact) mass is 371 g/mol. The highest BCUT2D eigenvalue weighted by atomic mass is 16.5. The van der Waals surface area contributed by atoms with Crippen molar-refractivity contribution >= 4 is 17.6 Å². The van der Waals surface area contributed by atoms with Crippen LogP contribution >= 0.6 is 0 Å². The van der Waals surface area contributed by atoms with Gasteiger partial charge in [-0.3, -0.25) is 9.59 Å². The molecule has 3 aromatic rings. The fourth-order valence-corrected chi connectivity index (χ4v) is 4.27. The number of ether oxygens (including phenoxy) is 1. The molecule has 0 fully saturated rings. The molecule has 2 atom stereocenters. The second-order valence-corrected chi connectivity index (χ2v) is 6.92. The van der Waals surface area contributed by atoms with Crippen LogP contribution in [-0.2, 0) is 19.7 Å². The minimum atomic E-state index is -1.02. The number of esters is 1. The molecule has 0 saturated carbocycles. The van der Waals surface area contributed by atoms with Gasteiger partial charge in [0.2, 0.25) is 5.91 Å². The van der Waals surface area contributed by atoms with Gasteiger partial charge in [-0.15, -0.1) is 0 Å². The summed E-state index contributed by atoms with van der Waals surface area (Å²) in [7, 11) is 1.38. The molecule has 3 aromatic carbocycles. The van der Waals surface area contributed by atoms with E-state index in [2.05, 4.69) is 5.32 Å². The molecule has 140 valence electrons. The molecule has 0 unspecified atom stereocenters. The third-order valence-electron chi connectivity index (χ3n) is 5.51. The van der Waals surface area contributed by atoms with E-state index < -0.39 is 11.3 Å². The van der Waals surface area contributed by atoms with Crippen molar-refractivity contribution in [2.24, 2.45) is 0 Å². The molecule has 0 saturated heterocycles. The predicted molar refractivity (Wildman–Crippen MR) is 108 cm³/mol.